The fourth-order valence-electron chi connectivity index (χ4n) is 2.81. The van der Waals surface area contributed by atoms with Crippen LogP contribution in [0, 0.1) is 0 Å². The summed E-state index contributed by atoms with van der Waals surface area (Å²) in [6.07, 6.45) is -7.16. The summed E-state index contributed by atoms with van der Waals surface area (Å²) in [6.45, 7) is 0. The van der Waals surface area contributed by atoms with Crippen LogP contribution >= 0.6 is 0 Å². The molecule has 0 radical (unpaired) electrons. The van der Waals surface area contributed by atoms with E-state index < -0.39 is 33.4 Å². The lowest BCUT2D eigenvalue weighted by Gasteiger charge is -2.34. The highest BCUT2D eigenvalue weighted by Crippen LogP contribution is 2.54. The van der Waals surface area contributed by atoms with Crippen molar-refractivity contribution in [2.75, 3.05) is 7.11 Å². The molecule has 3 aromatic carbocycles. The van der Waals surface area contributed by atoms with Gasteiger partial charge in [0.15, 0.2) is 25.7 Å². The van der Waals surface area contributed by atoms with E-state index in [-0.39, 0.29) is 10.9 Å². The lowest BCUT2D eigenvalue weighted by molar-refractivity contribution is -0.382. The van der Waals surface area contributed by atoms with Crippen molar-refractivity contribution in [1.82, 2.24) is 0 Å². The second-order valence-corrected chi connectivity index (χ2v) is 10.6. The Bertz CT molecular complexity index is 1260. The third-order valence-corrected chi connectivity index (χ3v) is 7.83. The Morgan fingerprint density at radius 3 is 1.42 bits per heavy atom. The first-order chi connectivity index (χ1) is 17.4. The van der Waals surface area contributed by atoms with Gasteiger partial charge in [-0.05, 0) is 36.4 Å². The fraction of sp³-hybridized carbons (Fsp3) is 0.217. The van der Waals surface area contributed by atoms with Crippen LogP contribution in [0.15, 0.2) is 99.6 Å². The van der Waals surface area contributed by atoms with E-state index in [1.54, 1.807) is 7.11 Å². The van der Waals surface area contributed by atoms with Crippen molar-refractivity contribution in [1.29, 1.82) is 0 Å². The molecule has 15 heteroatoms. The predicted octanol–water partition coefficient (Wildman–Crippen LogP) is 6.75. The molecule has 0 heterocycles. The Kier molecular flexibility index (Phi) is 9.44. The van der Waals surface area contributed by atoms with E-state index in [2.05, 4.69) is 72.8 Å². The number of rotatable bonds is 7. The maximum atomic E-state index is 12.2. The number of para-hydroxylation sites is 1. The Morgan fingerprint density at radius 2 is 1.05 bits per heavy atom. The van der Waals surface area contributed by atoms with Crippen LogP contribution in [0.5, 0.6) is 5.75 Å². The van der Waals surface area contributed by atoms with Gasteiger partial charge in [0.2, 0.25) is 4.90 Å². The Hall–Kier alpha value is -2.91. The largest absolute Gasteiger partial charge is 0.743 e. The summed E-state index contributed by atoms with van der Waals surface area (Å²) in [5.74, 6) is -13.9. The topological polar surface area (TPSA) is 66.4 Å². The summed E-state index contributed by atoms with van der Waals surface area (Å²) in [6, 6.07) is 29.5. The number of alkyl halides is 9. The molecule has 0 aromatic heterocycles. The smallest absolute Gasteiger partial charge is 0.460 e. The fourth-order valence-corrected chi connectivity index (χ4v) is 5.46. The number of benzene rings is 3. The minimum atomic E-state index is -7.43. The molecule has 0 atom stereocenters. The Labute approximate surface area is 214 Å². The highest BCUT2D eigenvalue weighted by molar-refractivity contribution is 7.97. The zero-order valence-electron chi connectivity index (χ0n) is 18.9. The molecule has 0 aliphatic heterocycles. The molecule has 0 aliphatic rings. The van der Waals surface area contributed by atoms with E-state index in [1.807, 2.05) is 12.1 Å². The lowest BCUT2D eigenvalue weighted by Crippen LogP contribution is -2.63. The van der Waals surface area contributed by atoms with Gasteiger partial charge in [-0.2, -0.15) is 39.5 Å². The van der Waals surface area contributed by atoms with Gasteiger partial charge < -0.3 is 9.29 Å². The van der Waals surface area contributed by atoms with E-state index in [0.29, 0.717) is 0 Å². The van der Waals surface area contributed by atoms with Crippen LogP contribution in [0.2, 0.25) is 0 Å². The van der Waals surface area contributed by atoms with E-state index in [4.69, 9.17) is 4.74 Å². The third-order valence-electron chi connectivity index (χ3n) is 4.68. The first-order valence-electron chi connectivity index (χ1n) is 10.0. The molecular weight excluding hydrogens is 575 g/mol. The standard InChI is InChI=1S/C19H17OS.C4HF9O3S/c1-20-18-14-8-9-15-19(18)21(16-10-4-2-5-11-16)17-12-6-3-7-13-17;5-1(6,3(9,10)11)2(7,8)4(12,13)17(14,15)16/h2-15H,1H3;(H,14,15,16)/q+1;/p-1. The summed E-state index contributed by atoms with van der Waals surface area (Å²) in [5, 5.41) is -7.11. The van der Waals surface area contributed by atoms with Crippen LogP contribution in [0.4, 0.5) is 39.5 Å². The van der Waals surface area contributed by atoms with Crippen molar-refractivity contribution >= 4 is 21.0 Å². The molecule has 0 spiro atoms. The van der Waals surface area contributed by atoms with E-state index in [1.165, 1.54) is 14.7 Å². The van der Waals surface area contributed by atoms with Crippen LogP contribution in [0.3, 0.4) is 0 Å². The predicted molar refractivity (Wildman–Crippen MR) is 119 cm³/mol. The van der Waals surface area contributed by atoms with Crippen LogP contribution < -0.4 is 4.74 Å². The van der Waals surface area contributed by atoms with Gasteiger partial charge in [0, 0.05) is 0 Å². The van der Waals surface area contributed by atoms with Gasteiger partial charge in [-0.15, -0.1) is 0 Å². The van der Waals surface area contributed by atoms with Crippen LogP contribution in [0.1, 0.15) is 0 Å². The summed E-state index contributed by atoms with van der Waals surface area (Å²) < 4.78 is 141. The number of hydrogen-bond donors (Lipinski definition) is 0. The first kappa shape index (κ1) is 31.3. The minimum Gasteiger partial charge on any atom is -0.743 e. The van der Waals surface area contributed by atoms with Crippen LogP contribution in [0.25, 0.3) is 0 Å². The molecular formula is C23H17F9O4S2. The van der Waals surface area contributed by atoms with Crippen LogP contribution in [-0.4, -0.2) is 43.4 Å². The SMILES string of the molecule is COc1ccccc1[S+](c1ccccc1)c1ccccc1.O=S(=O)([O-])C(F)(F)C(F)(F)C(F)(F)C(F)(F)F. The van der Waals surface area contributed by atoms with Crippen molar-refractivity contribution in [3.8, 4) is 5.75 Å². The van der Waals surface area contributed by atoms with Crippen molar-refractivity contribution in [3.63, 3.8) is 0 Å². The van der Waals surface area contributed by atoms with E-state index in [9.17, 15) is 52.5 Å². The van der Waals surface area contributed by atoms with Crippen LogP contribution in [-0.2, 0) is 21.0 Å². The average molecular weight is 593 g/mol. The first-order valence-corrected chi connectivity index (χ1v) is 12.7. The number of methoxy groups -OCH3 is 1. The summed E-state index contributed by atoms with van der Waals surface area (Å²) in [7, 11) is -5.84. The highest BCUT2D eigenvalue weighted by Gasteiger charge is 2.83. The molecule has 0 aliphatic carbocycles. The molecule has 0 unspecified atom stereocenters. The van der Waals surface area contributed by atoms with Gasteiger partial charge >= 0.3 is 23.3 Å². The van der Waals surface area contributed by atoms with Gasteiger partial charge in [-0.25, -0.2) is 8.42 Å². The zero-order valence-corrected chi connectivity index (χ0v) is 20.6. The lowest BCUT2D eigenvalue weighted by atomic mass is 10.1. The second-order valence-electron chi connectivity index (χ2n) is 7.20. The molecule has 0 saturated heterocycles. The zero-order chi connectivity index (χ0) is 29.0. The molecule has 208 valence electrons. The molecule has 3 rings (SSSR count). The van der Waals surface area contributed by atoms with Crippen molar-refractivity contribution in [2.24, 2.45) is 0 Å². The van der Waals surface area contributed by atoms with Crippen molar-refractivity contribution in [2.45, 2.75) is 38.0 Å². The molecule has 0 bridgehead atoms. The monoisotopic (exact) mass is 592 g/mol. The second kappa shape index (κ2) is 11.5. The molecule has 0 fully saturated rings. The number of halogens is 9. The van der Waals surface area contributed by atoms with E-state index in [0.717, 1.165) is 5.75 Å². The van der Waals surface area contributed by atoms with Gasteiger partial charge in [-0.1, -0.05) is 48.5 Å². The molecule has 38 heavy (non-hydrogen) atoms. The molecule has 0 N–H and O–H groups in total. The number of hydrogen-bond acceptors (Lipinski definition) is 4. The van der Waals surface area contributed by atoms with Crippen molar-refractivity contribution < 1.29 is 57.2 Å². The van der Waals surface area contributed by atoms with Gasteiger partial charge in [-0.3, -0.25) is 0 Å². The quantitative estimate of drug-likeness (QED) is 0.173. The highest BCUT2D eigenvalue weighted by atomic mass is 32.2. The summed E-state index contributed by atoms with van der Waals surface area (Å²) in [4.78, 5) is 3.82. The normalized spacial score (nSPS) is 13.1. The van der Waals surface area contributed by atoms with E-state index >= 15 is 0 Å². The molecule has 0 amide bonds. The molecule has 0 saturated carbocycles. The minimum absolute atomic E-state index is 0.151. The molecule has 4 nitrogen and oxygen atoms in total. The van der Waals surface area contributed by atoms with Gasteiger partial charge in [0.05, 0.1) is 7.11 Å². The third kappa shape index (κ3) is 6.21. The van der Waals surface area contributed by atoms with Crippen molar-refractivity contribution in [3.05, 3.63) is 84.9 Å². The van der Waals surface area contributed by atoms with Gasteiger partial charge in [0.25, 0.3) is 0 Å². The van der Waals surface area contributed by atoms with Gasteiger partial charge in [0.1, 0.15) is 10.9 Å². The average Bonchev–Trinajstić information content (AvgIpc) is 2.85. The Morgan fingerprint density at radius 1 is 0.658 bits per heavy atom. The number of ether oxygens (including phenoxy) is 1. The maximum absolute atomic E-state index is 12.2. The summed E-state index contributed by atoms with van der Waals surface area (Å²) >= 11 is 0. The Balaban J connectivity index is 0.000000275. The summed E-state index contributed by atoms with van der Waals surface area (Å²) in [5.41, 5.74) is 0. The maximum Gasteiger partial charge on any atom is 0.460 e. The molecule has 3 aromatic rings.